The molecular weight excluding hydrogens is 212 g/mol. The highest BCUT2D eigenvalue weighted by atomic mass is 79.9. The molecule has 0 aliphatic heterocycles. The van der Waals surface area contributed by atoms with Gasteiger partial charge in [-0.1, -0.05) is 0 Å². The predicted molar refractivity (Wildman–Crippen MR) is 41.9 cm³/mol. The van der Waals surface area contributed by atoms with E-state index in [0.717, 1.165) is 0 Å². The molecule has 0 aromatic carbocycles. The molecular formula is C2H12Br2N2. The van der Waals surface area contributed by atoms with Gasteiger partial charge in [-0.15, -0.1) is 47.1 Å². The lowest BCUT2D eigenvalue weighted by Gasteiger charge is -0.813. The van der Waals surface area contributed by atoms with Crippen LogP contribution in [-0.2, 0) is 0 Å². The summed E-state index contributed by atoms with van der Waals surface area (Å²) in [4.78, 5) is 0. The maximum atomic E-state index is 3.00. The predicted octanol–water partition coefficient (Wildman–Crippen LogP) is 2.28. The maximum Gasteiger partial charge on any atom is -0.106 e. The molecule has 0 fully saturated rings. The second-order valence-corrected chi connectivity index (χ2v) is 0. The molecule has 0 bridgehead atoms. The maximum absolute atomic E-state index is 3.00. The van der Waals surface area contributed by atoms with Gasteiger partial charge in [-0.2, -0.15) is 0 Å². The SMILES string of the molecule is Br.Br.C=C.N.N. The van der Waals surface area contributed by atoms with Gasteiger partial charge in [0.2, 0.25) is 0 Å². The summed E-state index contributed by atoms with van der Waals surface area (Å²) in [7, 11) is 0. The van der Waals surface area contributed by atoms with Crippen LogP contribution in [0.5, 0.6) is 0 Å². The lowest BCUT2D eigenvalue weighted by atomic mass is 11.3. The minimum atomic E-state index is 0. The summed E-state index contributed by atoms with van der Waals surface area (Å²) in [5, 5.41) is 0. The van der Waals surface area contributed by atoms with Gasteiger partial charge in [-0.25, -0.2) is 0 Å². The number of rotatable bonds is 0. The fourth-order valence-corrected chi connectivity index (χ4v) is 0. The van der Waals surface area contributed by atoms with E-state index in [1.54, 1.807) is 0 Å². The topological polar surface area (TPSA) is 70.0 Å². The minimum Gasteiger partial charge on any atom is -0.344 e. The monoisotopic (exact) mass is 222 g/mol. The van der Waals surface area contributed by atoms with Crippen molar-refractivity contribution in [1.29, 1.82) is 0 Å². The van der Waals surface area contributed by atoms with E-state index in [9.17, 15) is 0 Å². The van der Waals surface area contributed by atoms with E-state index in [1.807, 2.05) is 0 Å². The van der Waals surface area contributed by atoms with E-state index in [1.165, 1.54) is 0 Å². The molecule has 0 aliphatic rings. The van der Waals surface area contributed by atoms with Gasteiger partial charge in [-0.3, -0.25) is 0 Å². The Kier molecular flexibility index (Phi) is 4140. The third-order valence-electron chi connectivity index (χ3n) is 0. The minimum absolute atomic E-state index is 0. The van der Waals surface area contributed by atoms with Crippen molar-refractivity contribution < 1.29 is 0 Å². The molecule has 0 radical (unpaired) electrons. The van der Waals surface area contributed by atoms with Crippen LogP contribution in [0.25, 0.3) is 0 Å². The molecule has 0 saturated carbocycles. The normalized spacial score (nSPS) is 0.667. The van der Waals surface area contributed by atoms with Gasteiger partial charge in [0.15, 0.2) is 0 Å². The van der Waals surface area contributed by atoms with Crippen LogP contribution in [0.3, 0.4) is 0 Å². The van der Waals surface area contributed by atoms with Crippen LogP contribution in [0, 0.1) is 0 Å². The second-order valence-electron chi connectivity index (χ2n) is 0. The summed E-state index contributed by atoms with van der Waals surface area (Å²) in [6.45, 7) is 6.00. The summed E-state index contributed by atoms with van der Waals surface area (Å²) in [5.74, 6) is 0. The Morgan fingerprint density at radius 1 is 0.667 bits per heavy atom. The third kappa shape index (κ3) is 157. The molecule has 0 saturated heterocycles. The van der Waals surface area contributed by atoms with Gasteiger partial charge in [0, 0.05) is 0 Å². The molecule has 0 heterocycles. The molecule has 44 valence electrons. The lowest BCUT2D eigenvalue weighted by Crippen LogP contribution is -0.552. The Bertz CT molecular complexity index is 9.51. The first kappa shape index (κ1) is 79.7. The third-order valence-corrected chi connectivity index (χ3v) is 0. The average Bonchev–Trinajstić information content (AvgIpc) is 1.00. The smallest absolute Gasteiger partial charge is 0.106 e. The van der Waals surface area contributed by atoms with Crippen molar-refractivity contribution in [3.63, 3.8) is 0 Å². The highest BCUT2D eigenvalue weighted by Gasteiger charge is 0.601. The Labute approximate surface area is 59.7 Å². The summed E-state index contributed by atoms with van der Waals surface area (Å²) in [6, 6.07) is 0. The first-order valence-electron chi connectivity index (χ1n) is 0.500. The molecule has 0 aromatic heterocycles. The Morgan fingerprint density at radius 2 is 0.667 bits per heavy atom. The van der Waals surface area contributed by atoms with Gasteiger partial charge < -0.3 is 12.3 Å². The summed E-state index contributed by atoms with van der Waals surface area (Å²) >= 11 is 0. The highest BCUT2D eigenvalue weighted by Crippen LogP contribution is 0.862. The summed E-state index contributed by atoms with van der Waals surface area (Å²) < 4.78 is 0. The van der Waals surface area contributed by atoms with E-state index in [-0.39, 0.29) is 46.3 Å². The second kappa shape index (κ2) is 312. The molecule has 6 heavy (non-hydrogen) atoms. The number of hydrogen-bond acceptors (Lipinski definition) is 2. The summed E-state index contributed by atoms with van der Waals surface area (Å²) in [6.07, 6.45) is 0. The molecule has 0 aromatic rings. The first-order chi connectivity index (χ1) is 1.00. The highest BCUT2D eigenvalue weighted by molar-refractivity contribution is 8.93. The lowest BCUT2D eigenvalue weighted by molar-refractivity contribution is 2.13. The fourth-order valence-electron chi connectivity index (χ4n) is 0. The Morgan fingerprint density at radius 3 is 0.667 bits per heavy atom. The van der Waals surface area contributed by atoms with Crippen LogP contribution in [0.2, 0.25) is 0 Å². The zero-order valence-corrected chi connectivity index (χ0v) is 7.07. The molecule has 0 unspecified atom stereocenters. The molecule has 0 rings (SSSR count). The molecule has 2 nitrogen and oxygen atoms in total. The first-order valence-corrected chi connectivity index (χ1v) is 0.500. The average molecular weight is 224 g/mol. The van der Waals surface area contributed by atoms with Crippen LogP contribution >= 0.6 is 34.0 Å². The van der Waals surface area contributed by atoms with Crippen LogP contribution in [0.1, 0.15) is 0 Å². The van der Waals surface area contributed by atoms with E-state index < -0.39 is 0 Å². The van der Waals surface area contributed by atoms with Crippen LogP contribution < -0.4 is 12.3 Å². The van der Waals surface area contributed by atoms with E-state index in [2.05, 4.69) is 13.2 Å². The van der Waals surface area contributed by atoms with Crippen molar-refractivity contribution in [1.82, 2.24) is 12.3 Å². The van der Waals surface area contributed by atoms with Gasteiger partial charge in [-0.05, 0) is 0 Å². The van der Waals surface area contributed by atoms with Crippen molar-refractivity contribution in [2.45, 2.75) is 0 Å². The largest absolute Gasteiger partial charge is 0.344 e. The summed E-state index contributed by atoms with van der Waals surface area (Å²) in [5.41, 5.74) is 0. The van der Waals surface area contributed by atoms with Crippen LogP contribution in [0.15, 0.2) is 13.2 Å². The van der Waals surface area contributed by atoms with Crippen molar-refractivity contribution in [2.75, 3.05) is 0 Å². The van der Waals surface area contributed by atoms with Crippen molar-refractivity contribution in [3.8, 4) is 0 Å². The zero-order chi connectivity index (χ0) is 2.00. The quantitative estimate of drug-likeness (QED) is 0.619. The number of halogens is 2. The van der Waals surface area contributed by atoms with Crippen molar-refractivity contribution in [3.05, 3.63) is 13.2 Å². The van der Waals surface area contributed by atoms with Crippen LogP contribution in [-0.4, -0.2) is 0 Å². The number of hydrogen-bond donors (Lipinski definition) is 2. The van der Waals surface area contributed by atoms with Crippen molar-refractivity contribution in [2.24, 2.45) is 0 Å². The molecule has 6 N–H and O–H groups in total. The van der Waals surface area contributed by atoms with E-state index >= 15 is 0 Å². The Hall–Kier alpha value is 0.620. The van der Waals surface area contributed by atoms with Crippen LogP contribution in [0.4, 0.5) is 0 Å². The molecule has 0 amide bonds. The van der Waals surface area contributed by atoms with E-state index in [4.69, 9.17) is 0 Å². The zero-order valence-electron chi connectivity index (χ0n) is 3.64. The van der Waals surface area contributed by atoms with Gasteiger partial charge >= 0.3 is 0 Å². The van der Waals surface area contributed by atoms with E-state index in [0.29, 0.717) is 0 Å². The van der Waals surface area contributed by atoms with Gasteiger partial charge in [0.25, 0.3) is 0 Å². The molecule has 4 heteroatoms. The fraction of sp³-hybridized carbons (Fsp3) is 0. The molecule has 0 spiro atoms. The molecule has 0 aliphatic carbocycles. The van der Waals surface area contributed by atoms with Gasteiger partial charge in [0.05, 0.1) is 0 Å². The Balaban J connectivity index is -0.000000000833. The van der Waals surface area contributed by atoms with Crippen molar-refractivity contribution >= 4 is 34.0 Å². The standard InChI is InChI=1S/C2H4.2BrH.2H3N/c1-2;;;;/h1-2H2;2*1H;2*1H3. The molecule has 0 atom stereocenters. The van der Waals surface area contributed by atoms with Gasteiger partial charge in [0.1, 0.15) is 0 Å².